The Balaban J connectivity index is 2.04. The van der Waals surface area contributed by atoms with E-state index in [4.69, 9.17) is 26.2 Å². The van der Waals surface area contributed by atoms with Gasteiger partial charge < -0.3 is 24.8 Å². The molecule has 0 unspecified atom stereocenters. The maximum absolute atomic E-state index is 9.48. The number of alkyl halides is 1. The Morgan fingerprint density at radius 2 is 1.32 bits per heavy atom. The molecule has 2 aromatic carbocycles. The molecule has 2 rings (SSSR count). The molecule has 150 valence electrons. The molecule has 6 heteroatoms. The van der Waals surface area contributed by atoms with E-state index in [2.05, 4.69) is 11.8 Å². The van der Waals surface area contributed by atoms with Crippen LogP contribution in [0.15, 0.2) is 36.4 Å². The zero-order chi connectivity index (χ0) is 20.5. The molecule has 0 saturated heterocycles. The molecule has 0 radical (unpaired) electrons. The van der Waals surface area contributed by atoms with E-state index in [0.717, 1.165) is 22.3 Å². The van der Waals surface area contributed by atoms with Crippen molar-refractivity contribution >= 4 is 11.6 Å². The van der Waals surface area contributed by atoms with Crippen molar-refractivity contribution in [2.45, 2.75) is 26.1 Å². The van der Waals surface area contributed by atoms with Gasteiger partial charge in [-0.1, -0.05) is 11.8 Å². The van der Waals surface area contributed by atoms with E-state index in [0.29, 0.717) is 11.5 Å². The lowest BCUT2D eigenvalue weighted by Crippen LogP contribution is -2.21. The molecule has 28 heavy (non-hydrogen) atoms. The lowest BCUT2D eigenvalue weighted by Gasteiger charge is -2.12. The Hall–Kier alpha value is -2.23. The van der Waals surface area contributed by atoms with Gasteiger partial charge in [0, 0.05) is 11.1 Å². The van der Waals surface area contributed by atoms with Crippen molar-refractivity contribution in [1.29, 1.82) is 0 Å². The molecule has 5 nitrogen and oxygen atoms in total. The minimum Gasteiger partial charge on any atom is -0.491 e. The summed E-state index contributed by atoms with van der Waals surface area (Å²) in [5, 5.41) is 27.7. The van der Waals surface area contributed by atoms with Gasteiger partial charge in [-0.15, -0.1) is 11.6 Å². The largest absolute Gasteiger partial charge is 0.491 e. The van der Waals surface area contributed by atoms with Gasteiger partial charge in [0.25, 0.3) is 0 Å². The average molecular weight is 405 g/mol. The van der Waals surface area contributed by atoms with Gasteiger partial charge in [0.05, 0.1) is 12.5 Å². The first-order valence-electron chi connectivity index (χ1n) is 8.94. The standard InChI is InChI=1S/C22H25ClO5/c1-15-9-17(5-7-21(15)27-13-19(25)11-23)3-4-18-6-8-22(16(2)10-18)28-14-20(26)12-24/h5-10,19-20,24-26H,11-14H2,1-2H3/t19-,20-/m1/s1. The summed E-state index contributed by atoms with van der Waals surface area (Å²) in [7, 11) is 0. The Bertz CT molecular complexity index is 773. The molecule has 0 aliphatic rings. The highest BCUT2D eigenvalue weighted by molar-refractivity contribution is 6.18. The van der Waals surface area contributed by atoms with Crippen molar-refractivity contribution < 1.29 is 24.8 Å². The van der Waals surface area contributed by atoms with Crippen LogP contribution in [0, 0.1) is 25.7 Å². The van der Waals surface area contributed by atoms with E-state index in [-0.39, 0.29) is 25.7 Å². The van der Waals surface area contributed by atoms with Crippen LogP contribution in [0.1, 0.15) is 22.3 Å². The van der Waals surface area contributed by atoms with Crippen LogP contribution in [0.3, 0.4) is 0 Å². The van der Waals surface area contributed by atoms with Crippen LogP contribution in [0.5, 0.6) is 11.5 Å². The number of aliphatic hydroxyl groups excluding tert-OH is 3. The lowest BCUT2D eigenvalue weighted by atomic mass is 10.1. The minimum atomic E-state index is -0.896. The van der Waals surface area contributed by atoms with E-state index in [1.54, 1.807) is 6.07 Å². The lowest BCUT2D eigenvalue weighted by molar-refractivity contribution is 0.0534. The predicted octanol–water partition coefficient (Wildman–Crippen LogP) is 2.41. The van der Waals surface area contributed by atoms with Crippen molar-refractivity contribution in [2.75, 3.05) is 25.7 Å². The third kappa shape index (κ3) is 6.74. The number of rotatable bonds is 8. The molecule has 0 aliphatic heterocycles. The predicted molar refractivity (Wildman–Crippen MR) is 109 cm³/mol. The summed E-state index contributed by atoms with van der Waals surface area (Å²) in [5.74, 6) is 7.71. The number of aliphatic hydroxyl groups is 3. The second-order valence-electron chi connectivity index (χ2n) is 6.48. The van der Waals surface area contributed by atoms with Crippen LogP contribution in [0.4, 0.5) is 0 Å². The Morgan fingerprint density at radius 1 is 0.857 bits per heavy atom. The summed E-state index contributed by atoms with van der Waals surface area (Å²) in [4.78, 5) is 0. The van der Waals surface area contributed by atoms with Crippen LogP contribution < -0.4 is 9.47 Å². The summed E-state index contributed by atoms with van der Waals surface area (Å²) in [6, 6.07) is 11.2. The summed E-state index contributed by atoms with van der Waals surface area (Å²) in [6.45, 7) is 3.68. The molecule has 2 aromatic rings. The molecule has 2 atom stereocenters. The monoisotopic (exact) mass is 404 g/mol. The minimum absolute atomic E-state index is 0.0397. The quantitative estimate of drug-likeness (QED) is 0.465. The second-order valence-corrected chi connectivity index (χ2v) is 6.79. The number of halogens is 1. The fraction of sp³-hybridized carbons (Fsp3) is 0.364. The third-order valence-corrected chi connectivity index (χ3v) is 4.31. The molecule has 0 saturated carbocycles. The molecule has 0 amide bonds. The van der Waals surface area contributed by atoms with Gasteiger partial charge in [-0.3, -0.25) is 0 Å². The Labute approximate surface area is 170 Å². The number of hydrogen-bond acceptors (Lipinski definition) is 5. The number of ether oxygens (including phenoxy) is 2. The smallest absolute Gasteiger partial charge is 0.122 e. The second kappa shape index (κ2) is 10.9. The molecule has 0 bridgehead atoms. The molecular formula is C22H25ClO5. The molecule has 0 aromatic heterocycles. The van der Waals surface area contributed by atoms with Crippen molar-refractivity contribution in [3.63, 3.8) is 0 Å². The number of benzene rings is 2. The van der Waals surface area contributed by atoms with Crippen LogP contribution in [-0.4, -0.2) is 53.2 Å². The van der Waals surface area contributed by atoms with Crippen molar-refractivity contribution in [1.82, 2.24) is 0 Å². The SMILES string of the molecule is Cc1cc(C#Cc2ccc(OC[C@H](O)CCl)c(C)c2)ccc1OC[C@H](O)CO. The Morgan fingerprint density at radius 3 is 1.71 bits per heavy atom. The fourth-order valence-corrected chi connectivity index (χ4v) is 2.48. The van der Waals surface area contributed by atoms with Gasteiger partial charge in [0.2, 0.25) is 0 Å². The first-order valence-corrected chi connectivity index (χ1v) is 9.48. The van der Waals surface area contributed by atoms with E-state index >= 15 is 0 Å². The molecule has 0 heterocycles. The highest BCUT2D eigenvalue weighted by Gasteiger charge is 2.07. The van der Waals surface area contributed by atoms with Crippen LogP contribution in [-0.2, 0) is 0 Å². The van der Waals surface area contributed by atoms with Crippen LogP contribution in [0.2, 0.25) is 0 Å². The topological polar surface area (TPSA) is 79.2 Å². The van der Waals surface area contributed by atoms with Crippen LogP contribution >= 0.6 is 11.6 Å². The van der Waals surface area contributed by atoms with E-state index in [9.17, 15) is 10.2 Å². The van der Waals surface area contributed by atoms with Gasteiger partial charge in [0.15, 0.2) is 0 Å². The summed E-state index contributed by atoms with van der Waals surface area (Å²) in [5.41, 5.74) is 3.52. The van der Waals surface area contributed by atoms with Gasteiger partial charge >= 0.3 is 0 Å². The van der Waals surface area contributed by atoms with Gasteiger partial charge in [-0.2, -0.15) is 0 Å². The normalized spacial score (nSPS) is 12.6. The number of hydrogen-bond donors (Lipinski definition) is 3. The van der Waals surface area contributed by atoms with Crippen molar-refractivity contribution in [3.8, 4) is 23.3 Å². The van der Waals surface area contributed by atoms with Gasteiger partial charge in [-0.25, -0.2) is 0 Å². The third-order valence-electron chi connectivity index (χ3n) is 3.95. The summed E-state index contributed by atoms with van der Waals surface area (Å²) < 4.78 is 11.0. The highest BCUT2D eigenvalue weighted by Crippen LogP contribution is 2.21. The van der Waals surface area contributed by atoms with Gasteiger partial charge in [-0.05, 0) is 61.4 Å². The number of aryl methyl sites for hydroxylation is 2. The molecule has 0 fully saturated rings. The maximum Gasteiger partial charge on any atom is 0.122 e. The molecular weight excluding hydrogens is 380 g/mol. The zero-order valence-electron chi connectivity index (χ0n) is 16.0. The zero-order valence-corrected chi connectivity index (χ0v) is 16.7. The van der Waals surface area contributed by atoms with Crippen molar-refractivity contribution in [2.24, 2.45) is 0 Å². The van der Waals surface area contributed by atoms with Crippen molar-refractivity contribution in [3.05, 3.63) is 58.7 Å². The molecule has 0 spiro atoms. The van der Waals surface area contributed by atoms with E-state index in [1.807, 2.05) is 44.2 Å². The first kappa shape index (κ1) is 22.1. The first-order chi connectivity index (χ1) is 13.4. The maximum atomic E-state index is 9.48. The fourth-order valence-electron chi connectivity index (χ4n) is 2.39. The highest BCUT2D eigenvalue weighted by atomic mass is 35.5. The Kier molecular flexibility index (Phi) is 8.62. The molecule has 0 aliphatic carbocycles. The van der Waals surface area contributed by atoms with E-state index in [1.165, 1.54) is 0 Å². The molecule has 3 N–H and O–H groups in total. The average Bonchev–Trinajstić information content (AvgIpc) is 2.70. The van der Waals surface area contributed by atoms with Crippen LogP contribution in [0.25, 0.3) is 0 Å². The summed E-state index contributed by atoms with van der Waals surface area (Å²) in [6.07, 6.45) is -1.59. The van der Waals surface area contributed by atoms with E-state index < -0.39 is 12.2 Å². The summed E-state index contributed by atoms with van der Waals surface area (Å²) >= 11 is 5.56. The van der Waals surface area contributed by atoms with Gasteiger partial charge in [0.1, 0.15) is 36.9 Å².